The van der Waals surface area contributed by atoms with Gasteiger partial charge in [-0.05, 0) is 29.8 Å². The molecule has 1 amide bonds. The number of amides is 1. The molecule has 3 aromatic rings. The Morgan fingerprint density at radius 1 is 1.04 bits per heavy atom. The first kappa shape index (κ1) is 16.9. The van der Waals surface area contributed by atoms with Crippen LogP contribution in [0.15, 0.2) is 42.5 Å². The molecule has 0 N–H and O–H groups in total. The molecule has 0 saturated carbocycles. The van der Waals surface area contributed by atoms with Gasteiger partial charge in [-0.2, -0.15) is 0 Å². The zero-order valence-electron chi connectivity index (χ0n) is 14.0. The van der Waals surface area contributed by atoms with Crippen LogP contribution < -0.4 is 4.90 Å². The number of thiazole rings is 1. The van der Waals surface area contributed by atoms with Crippen LogP contribution in [0.1, 0.15) is 5.56 Å². The first-order valence-electron chi connectivity index (χ1n) is 8.42. The van der Waals surface area contributed by atoms with Gasteiger partial charge in [0.1, 0.15) is 17.2 Å². The van der Waals surface area contributed by atoms with Crippen LogP contribution >= 0.6 is 11.3 Å². The van der Waals surface area contributed by atoms with Crippen molar-refractivity contribution in [2.75, 3.05) is 31.1 Å². The fourth-order valence-electron chi connectivity index (χ4n) is 3.07. The zero-order chi connectivity index (χ0) is 18.1. The molecule has 1 saturated heterocycles. The molecule has 0 spiro atoms. The van der Waals surface area contributed by atoms with Gasteiger partial charge in [0.05, 0.1) is 11.1 Å². The Balaban J connectivity index is 1.39. The molecular formula is C19H17F2N3OS. The van der Waals surface area contributed by atoms with Crippen molar-refractivity contribution in [2.24, 2.45) is 0 Å². The predicted molar refractivity (Wildman–Crippen MR) is 98.5 cm³/mol. The molecule has 7 heteroatoms. The van der Waals surface area contributed by atoms with Gasteiger partial charge in [0, 0.05) is 26.2 Å². The summed E-state index contributed by atoms with van der Waals surface area (Å²) >= 11 is 1.47. The van der Waals surface area contributed by atoms with Crippen LogP contribution in [0.25, 0.3) is 10.2 Å². The van der Waals surface area contributed by atoms with E-state index in [1.807, 2.05) is 11.0 Å². The Morgan fingerprint density at radius 2 is 1.77 bits per heavy atom. The van der Waals surface area contributed by atoms with Crippen LogP contribution in [0, 0.1) is 11.6 Å². The normalized spacial score (nSPS) is 14.8. The highest BCUT2D eigenvalue weighted by Crippen LogP contribution is 2.30. The fraction of sp³-hybridized carbons (Fsp3) is 0.263. The van der Waals surface area contributed by atoms with Gasteiger partial charge in [-0.25, -0.2) is 13.8 Å². The minimum atomic E-state index is -0.307. The number of anilines is 1. The molecule has 2 aromatic carbocycles. The molecule has 26 heavy (non-hydrogen) atoms. The topological polar surface area (TPSA) is 36.4 Å². The third kappa shape index (κ3) is 3.39. The van der Waals surface area contributed by atoms with E-state index in [4.69, 9.17) is 0 Å². The molecule has 1 aliphatic rings. The Morgan fingerprint density at radius 3 is 2.46 bits per heavy atom. The second kappa shape index (κ2) is 6.99. The van der Waals surface area contributed by atoms with E-state index in [0.29, 0.717) is 31.7 Å². The van der Waals surface area contributed by atoms with Crippen LogP contribution in [0.3, 0.4) is 0 Å². The highest BCUT2D eigenvalue weighted by atomic mass is 32.1. The summed E-state index contributed by atoms with van der Waals surface area (Å²) in [7, 11) is 0. The quantitative estimate of drug-likeness (QED) is 0.705. The second-order valence-corrected chi connectivity index (χ2v) is 7.26. The van der Waals surface area contributed by atoms with E-state index in [9.17, 15) is 13.6 Å². The average molecular weight is 373 g/mol. The number of fused-ring (bicyclic) bond motifs is 1. The zero-order valence-corrected chi connectivity index (χ0v) is 14.8. The highest BCUT2D eigenvalue weighted by Gasteiger charge is 2.23. The van der Waals surface area contributed by atoms with Crippen molar-refractivity contribution in [1.82, 2.24) is 9.88 Å². The summed E-state index contributed by atoms with van der Waals surface area (Å²) in [4.78, 5) is 20.7. The van der Waals surface area contributed by atoms with E-state index in [1.54, 1.807) is 18.2 Å². The minimum Gasteiger partial charge on any atom is -0.345 e. The fourth-order valence-corrected chi connectivity index (χ4v) is 4.11. The molecule has 0 radical (unpaired) electrons. The van der Waals surface area contributed by atoms with Crippen molar-refractivity contribution in [1.29, 1.82) is 0 Å². The molecule has 1 fully saturated rings. The third-order valence-electron chi connectivity index (χ3n) is 4.53. The molecular weight excluding hydrogens is 356 g/mol. The lowest BCUT2D eigenvalue weighted by Crippen LogP contribution is -2.49. The smallest absolute Gasteiger partial charge is 0.227 e. The first-order valence-corrected chi connectivity index (χ1v) is 9.24. The Bertz CT molecular complexity index is 934. The third-order valence-corrected chi connectivity index (χ3v) is 5.61. The largest absolute Gasteiger partial charge is 0.345 e. The number of hydrogen-bond acceptors (Lipinski definition) is 4. The molecule has 4 rings (SSSR count). The summed E-state index contributed by atoms with van der Waals surface area (Å²) < 4.78 is 27.6. The summed E-state index contributed by atoms with van der Waals surface area (Å²) in [5.41, 5.74) is 1.21. The van der Waals surface area contributed by atoms with Crippen LogP contribution in [-0.4, -0.2) is 42.0 Å². The maximum atomic E-state index is 13.8. The Hall–Kier alpha value is -2.54. The summed E-state index contributed by atoms with van der Waals surface area (Å²) in [6.07, 6.45) is 0.270. The Labute approximate surface area is 153 Å². The van der Waals surface area contributed by atoms with Gasteiger partial charge >= 0.3 is 0 Å². The molecule has 4 nitrogen and oxygen atoms in total. The van der Waals surface area contributed by atoms with Gasteiger partial charge in [0.2, 0.25) is 5.91 Å². The summed E-state index contributed by atoms with van der Waals surface area (Å²) in [6.45, 7) is 2.52. The van der Waals surface area contributed by atoms with Crippen LogP contribution in [0.2, 0.25) is 0 Å². The molecule has 134 valence electrons. The van der Waals surface area contributed by atoms with Crippen LogP contribution in [-0.2, 0) is 11.2 Å². The van der Waals surface area contributed by atoms with Gasteiger partial charge in [0.25, 0.3) is 0 Å². The number of rotatable bonds is 3. The molecule has 1 aromatic heterocycles. The minimum absolute atomic E-state index is 0.0339. The van der Waals surface area contributed by atoms with Crippen LogP contribution in [0.5, 0.6) is 0 Å². The van der Waals surface area contributed by atoms with E-state index < -0.39 is 0 Å². The monoisotopic (exact) mass is 373 g/mol. The molecule has 0 bridgehead atoms. The molecule has 0 unspecified atom stereocenters. The van der Waals surface area contributed by atoms with E-state index in [0.717, 1.165) is 15.4 Å². The number of aromatic nitrogens is 1. The van der Waals surface area contributed by atoms with Crippen molar-refractivity contribution in [3.8, 4) is 0 Å². The van der Waals surface area contributed by atoms with Gasteiger partial charge < -0.3 is 9.80 Å². The molecule has 0 atom stereocenters. The van der Waals surface area contributed by atoms with Gasteiger partial charge in [-0.15, -0.1) is 0 Å². The van der Waals surface area contributed by atoms with E-state index in [-0.39, 0.29) is 24.0 Å². The van der Waals surface area contributed by atoms with Gasteiger partial charge in [0.15, 0.2) is 5.13 Å². The standard InChI is InChI=1S/C19H17F2N3OS/c20-14-6-4-13(5-7-14)12-17(25)23-8-10-24(11-9-23)19-22-18-15(21)2-1-3-16(18)26-19/h1-7H,8-12H2. The number of carbonyl (C=O) groups is 1. The lowest BCUT2D eigenvalue weighted by molar-refractivity contribution is -0.130. The molecule has 1 aliphatic heterocycles. The maximum Gasteiger partial charge on any atom is 0.227 e. The number of carbonyl (C=O) groups excluding carboxylic acids is 1. The number of halogens is 2. The molecule has 2 heterocycles. The van der Waals surface area contributed by atoms with Crippen molar-refractivity contribution in [2.45, 2.75) is 6.42 Å². The SMILES string of the molecule is O=C(Cc1ccc(F)cc1)N1CCN(c2nc3c(F)cccc3s2)CC1. The van der Waals surface area contributed by atoms with Crippen molar-refractivity contribution < 1.29 is 13.6 Å². The van der Waals surface area contributed by atoms with Crippen molar-refractivity contribution >= 4 is 32.6 Å². The lowest BCUT2D eigenvalue weighted by atomic mass is 10.1. The van der Waals surface area contributed by atoms with Crippen molar-refractivity contribution in [3.63, 3.8) is 0 Å². The Kier molecular flexibility index (Phi) is 4.55. The average Bonchev–Trinajstić information content (AvgIpc) is 3.09. The maximum absolute atomic E-state index is 13.8. The summed E-state index contributed by atoms with van der Waals surface area (Å²) in [6, 6.07) is 11.0. The summed E-state index contributed by atoms with van der Waals surface area (Å²) in [5, 5.41) is 0.788. The number of hydrogen-bond donors (Lipinski definition) is 0. The van der Waals surface area contributed by atoms with Crippen molar-refractivity contribution in [3.05, 3.63) is 59.7 Å². The number of piperazine rings is 1. The number of benzene rings is 2. The van der Waals surface area contributed by atoms with E-state index >= 15 is 0 Å². The van der Waals surface area contributed by atoms with Gasteiger partial charge in [-0.3, -0.25) is 4.79 Å². The second-order valence-electron chi connectivity index (χ2n) is 6.25. The van der Waals surface area contributed by atoms with E-state index in [1.165, 1.54) is 29.5 Å². The van der Waals surface area contributed by atoms with Gasteiger partial charge in [-0.1, -0.05) is 29.5 Å². The van der Waals surface area contributed by atoms with Crippen LogP contribution in [0.4, 0.5) is 13.9 Å². The highest BCUT2D eigenvalue weighted by molar-refractivity contribution is 7.22. The lowest BCUT2D eigenvalue weighted by Gasteiger charge is -2.34. The number of nitrogens with zero attached hydrogens (tertiary/aromatic N) is 3. The summed E-state index contributed by atoms with van der Waals surface area (Å²) in [5.74, 6) is -0.577. The predicted octanol–water partition coefficient (Wildman–Crippen LogP) is 3.47. The van der Waals surface area contributed by atoms with E-state index in [2.05, 4.69) is 9.88 Å². The molecule has 0 aliphatic carbocycles. The number of para-hydroxylation sites is 1. The first-order chi connectivity index (χ1) is 12.6.